The molecular weight excluding hydrogens is 274 g/mol. The molecule has 2 rings (SSSR count). The molecule has 0 fully saturated rings. The van der Waals surface area contributed by atoms with E-state index in [0.717, 1.165) is 24.8 Å². The maximum atomic E-state index is 12.2. The fraction of sp³-hybridized carbons (Fsp3) is 0.533. The lowest BCUT2D eigenvalue weighted by atomic mass is 9.98. The van der Waals surface area contributed by atoms with Crippen molar-refractivity contribution in [2.24, 2.45) is 0 Å². The highest BCUT2D eigenvalue weighted by molar-refractivity contribution is 7.91. The van der Waals surface area contributed by atoms with Crippen molar-refractivity contribution < 1.29 is 13.2 Å². The zero-order valence-electron chi connectivity index (χ0n) is 12.0. The first-order chi connectivity index (χ1) is 9.44. The Morgan fingerprint density at radius 3 is 2.65 bits per heavy atom. The van der Waals surface area contributed by atoms with E-state index in [1.807, 2.05) is 12.1 Å². The third-order valence-electron chi connectivity index (χ3n) is 3.90. The number of benzene rings is 1. The van der Waals surface area contributed by atoms with E-state index in [1.165, 1.54) is 11.1 Å². The Bertz CT molecular complexity index is 620. The molecule has 20 heavy (non-hydrogen) atoms. The van der Waals surface area contributed by atoms with Crippen LogP contribution < -0.4 is 5.32 Å². The minimum atomic E-state index is -3.03. The molecule has 0 aromatic heterocycles. The lowest BCUT2D eigenvalue weighted by molar-refractivity contribution is 0.0955. The lowest BCUT2D eigenvalue weighted by Crippen LogP contribution is -2.30. The van der Waals surface area contributed by atoms with Crippen LogP contribution >= 0.6 is 0 Å². The minimum Gasteiger partial charge on any atom is -0.351 e. The fourth-order valence-electron chi connectivity index (χ4n) is 2.66. The van der Waals surface area contributed by atoms with E-state index in [2.05, 4.69) is 12.2 Å². The third-order valence-corrected chi connectivity index (χ3v) is 5.61. The van der Waals surface area contributed by atoms with Crippen molar-refractivity contribution >= 4 is 15.7 Å². The van der Waals surface area contributed by atoms with E-state index >= 15 is 0 Å². The summed E-state index contributed by atoms with van der Waals surface area (Å²) in [6.07, 6.45) is 3.06. The number of rotatable bonds is 5. The number of hydrogen-bond acceptors (Lipinski definition) is 3. The Morgan fingerprint density at radius 2 is 1.95 bits per heavy atom. The van der Waals surface area contributed by atoms with Crippen LogP contribution in [0.5, 0.6) is 0 Å². The van der Waals surface area contributed by atoms with Gasteiger partial charge in [0.05, 0.1) is 5.75 Å². The molecule has 0 saturated carbocycles. The van der Waals surface area contributed by atoms with Gasteiger partial charge in [-0.25, -0.2) is 8.42 Å². The SMILES string of the molecule is CCS(=O)(=O)CCNC(=O)c1ccc(C)c2c1CCC2. The summed E-state index contributed by atoms with van der Waals surface area (Å²) in [6.45, 7) is 3.86. The number of nitrogens with one attached hydrogen (secondary N) is 1. The van der Waals surface area contributed by atoms with E-state index in [9.17, 15) is 13.2 Å². The van der Waals surface area contributed by atoms with Crippen molar-refractivity contribution in [1.82, 2.24) is 5.32 Å². The summed E-state index contributed by atoms with van der Waals surface area (Å²) in [5.41, 5.74) is 4.37. The summed E-state index contributed by atoms with van der Waals surface area (Å²) in [6, 6.07) is 3.82. The first kappa shape index (κ1) is 15.0. The van der Waals surface area contributed by atoms with Crippen LogP contribution in [0.15, 0.2) is 12.1 Å². The summed E-state index contributed by atoms with van der Waals surface area (Å²) < 4.78 is 22.8. The van der Waals surface area contributed by atoms with Gasteiger partial charge in [0.1, 0.15) is 0 Å². The predicted octanol–water partition coefficient (Wildman–Crippen LogP) is 1.65. The molecule has 1 aliphatic rings. The summed E-state index contributed by atoms with van der Waals surface area (Å²) >= 11 is 0. The molecule has 0 unspecified atom stereocenters. The van der Waals surface area contributed by atoms with Crippen LogP contribution in [-0.2, 0) is 22.7 Å². The first-order valence-corrected chi connectivity index (χ1v) is 8.86. The van der Waals surface area contributed by atoms with Crippen molar-refractivity contribution in [3.63, 3.8) is 0 Å². The van der Waals surface area contributed by atoms with Gasteiger partial charge in [-0.05, 0) is 48.9 Å². The Hall–Kier alpha value is -1.36. The molecule has 0 bridgehead atoms. The van der Waals surface area contributed by atoms with Crippen LogP contribution in [0.1, 0.15) is 40.4 Å². The molecule has 1 N–H and O–H groups in total. The highest BCUT2D eigenvalue weighted by Crippen LogP contribution is 2.28. The molecule has 0 spiro atoms. The second-order valence-electron chi connectivity index (χ2n) is 5.23. The van der Waals surface area contributed by atoms with Crippen molar-refractivity contribution in [3.05, 3.63) is 34.4 Å². The molecular formula is C15H21NO3S. The number of fused-ring (bicyclic) bond motifs is 1. The van der Waals surface area contributed by atoms with Crippen molar-refractivity contribution in [1.29, 1.82) is 0 Å². The summed E-state index contributed by atoms with van der Waals surface area (Å²) in [5.74, 6) is -0.0408. The predicted molar refractivity (Wildman–Crippen MR) is 79.9 cm³/mol. The van der Waals surface area contributed by atoms with Gasteiger partial charge in [0.15, 0.2) is 9.84 Å². The van der Waals surface area contributed by atoms with Gasteiger partial charge in [-0.1, -0.05) is 13.0 Å². The second-order valence-corrected chi connectivity index (χ2v) is 7.71. The average molecular weight is 295 g/mol. The summed E-state index contributed by atoms with van der Waals surface area (Å²) in [7, 11) is -3.03. The number of carbonyl (C=O) groups is 1. The normalized spacial score (nSPS) is 14.1. The van der Waals surface area contributed by atoms with E-state index < -0.39 is 9.84 Å². The highest BCUT2D eigenvalue weighted by atomic mass is 32.2. The molecule has 0 aliphatic heterocycles. The maximum absolute atomic E-state index is 12.2. The molecule has 4 nitrogen and oxygen atoms in total. The first-order valence-electron chi connectivity index (χ1n) is 7.04. The molecule has 1 amide bonds. The molecule has 1 aliphatic carbocycles. The van der Waals surface area contributed by atoms with Crippen LogP contribution in [0.3, 0.4) is 0 Å². The van der Waals surface area contributed by atoms with Crippen LogP contribution in [0, 0.1) is 6.92 Å². The number of amides is 1. The van der Waals surface area contributed by atoms with E-state index in [4.69, 9.17) is 0 Å². The number of hydrogen-bond donors (Lipinski definition) is 1. The van der Waals surface area contributed by atoms with Crippen molar-refractivity contribution in [2.45, 2.75) is 33.1 Å². The Kier molecular flexibility index (Phi) is 4.48. The highest BCUT2D eigenvalue weighted by Gasteiger charge is 2.20. The van der Waals surface area contributed by atoms with Gasteiger partial charge in [0.25, 0.3) is 5.91 Å². The average Bonchev–Trinajstić information content (AvgIpc) is 2.89. The third kappa shape index (κ3) is 3.20. The van der Waals surface area contributed by atoms with Gasteiger partial charge < -0.3 is 5.32 Å². The summed E-state index contributed by atoms with van der Waals surface area (Å²) in [5, 5.41) is 2.72. The summed E-state index contributed by atoms with van der Waals surface area (Å²) in [4.78, 5) is 12.2. The van der Waals surface area contributed by atoms with Gasteiger partial charge in [-0.2, -0.15) is 0 Å². The maximum Gasteiger partial charge on any atom is 0.251 e. The van der Waals surface area contributed by atoms with Gasteiger partial charge in [0.2, 0.25) is 0 Å². The van der Waals surface area contributed by atoms with Crippen LogP contribution in [0.2, 0.25) is 0 Å². The van der Waals surface area contributed by atoms with Crippen LogP contribution in [-0.4, -0.2) is 32.4 Å². The van der Waals surface area contributed by atoms with E-state index in [1.54, 1.807) is 6.92 Å². The van der Waals surface area contributed by atoms with Gasteiger partial charge in [0, 0.05) is 17.9 Å². The Labute approximate surface area is 120 Å². The topological polar surface area (TPSA) is 63.2 Å². The van der Waals surface area contributed by atoms with Crippen molar-refractivity contribution in [2.75, 3.05) is 18.1 Å². The molecule has 1 aromatic rings. The molecule has 110 valence electrons. The lowest BCUT2D eigenvalue weighted by Gasteiger charge is -2.11. The van der Waals surface area contributed by atoms with E-state index in [-0.39, 0.29) is 24.0 Å². The number of aryl methyl sites for hydroxylation is 1. The van der Waals surface area contributed by atoms with Crippen molar-refractivity contribution in [3.8, 4) is 0 Å². The van der Waals surface area contributed by atoms with E-state index in [0.29, 0.717) is 5.56 Å². The monoisotopic (exact) mass is 295 g/mol. The number of carbonyl (C=O) groups excluding carboxylic acids is 1. The van der Waals surface area contributed by atoms with Crippen LogP contribution in [0.4, 0.5) is 0 Å². The van der Waals surface area contributed by atoms with Gasteiger partial charge >= 0.3 is 0 Å². The molecule has 0 saturated heterocycles. The van der Waals surface area contributed by atoms with Gasteiger partial charge in [-0.15, -0.1) is 0 Å². The van der Waals surface area contributed by atoms with Gasteiger partial charge in [-0.3, -0.25) is 4.79 Å². The molecule has 0 radical (unpaired) electrons. The van der Waals surface area contributed by atoms with Crippen LogP contribution in [0.25, 0.3) is 0 Å². The molecule has 5 heteroatoms. The second kappa shape index (κ2) is 5.95. The zero-order chi connectivity index (χ0) is 14.8. The quantitative estimate of drug-likeness (QED) is 0.898. The minimum absolute atomic E-state index is 0.00327. The Balaban J connectivity index is 2.06. The zero-order valence-corrected chi connectivity index (χ0v) is 12.8. The smallest absolute Gasteiger partial charge is 0.251 e. The Morgan fingerprint density at radius 1 is 1.25 bits per heavy atom. The fourth-order valence-corrected chi connectivity index (χ4v) is 3.36. The molecule has 1 aromatic carbocycles. The molecule has 0 heterocycles. The standard InChI is InChI=1S/C15H21NO3S/c1-3-20(18,19)10-9-16-15(17)14-8-7-11(2)12-5-4-6-13(12)14/h7-8H,3-6,9-10H2,1-2H3,(H,16,17). The molecule has 0 atom stereocenters. The number of sulfone groups is 1. The largest absolute Gasteiger partial charge is 0.351 e.